The van der Waals surface area contributed by atoms with Crippen LogP contribution < -0.4 is 0 Å². The van der Waals surface area contributed by atoms with Crippen molar-refractivity contribution in [3.63, 3.8) is 0 Å². The van der Waals surface area contributed by atoms with Gasteiger partial charge in [-0.1, -0.05) is 27.2 Å². The van der Waals surface area contributed by atoms with Crippen LogP contribution in [0.15, 0.2) is 0 Å². The lowest BCUT2D eigenvalue weighted by Crippen LogP contribution is -2.43. The van der Waals surface area contributed by atoms with E-state index in [0.717, 1.165) is 25.9 Å². The summed E-state index contributed by atoms with van der Waals surface area (Å²) in [5.41, 5.74) is -0.147. The Morgan fingerprint density at radius 3 is 2.29 bits per heavy atom. The predicted molar refractivity (Wildman–Crippen MR) is 59.1 cm³/mol. The third-order valence-electron chi connectivity index (χ3n) is 3.10. The predicted octanol–water partition coefficient (Wildman–Crippen LogP) is 2.83. The first-order valence-corrected chi connectivity index (χ1v) is 5.87. The number of nitrogens with zero attached hydrogens (tertiary/aromatic N) is 1. The summed E-state index contributed by atoms with van der Waals surface area (Å²) in [6.45, 7) is 8.25. The van der Waals surface area contributed by atoms with Gasteiger partial charge in [-0.3, -0.25) is 4.79 Å². The van der Waals surface area contributed by atoms with Gasteiger partial charge < -0.3 is 4.90 Å². The monoisotopic (exact) mass is 197 g/mol. The summed E-state index contributed by atoms with van der Waals surface area (Å²) in [4.78, 5) is 14.2. The summed E-state index contributed by atoms with van der Waals surface area (Å²) >= 11 is 0. The molecule has 0 aromatic rings. The molecule has 0 aromatic heterocycles. The van der Waals surface area contributed by atoms with Gasteiger partial charge in [-0.15, -0.1) is 0 Å². The maximum Gasteiger partial charge on any atom is 0.228 e. The van der Waals surface area contributed by atoms with Crippen LogP contribution >= 0.6 is 0 Å². The van der Waals surface area contributed by atoms with E-state index in [1.165, 1.54) is 19.3 Å². The fourth-order valence-corrected chi connectivity index (χ4v) is 2.26. The van der Waals surface area contributed by atoms with E-state index in [4.69, 9.17) is 0 Å². The minimum absolute atomic E-state index is 0.147. The third kappa shape index (κ3) is 2.73. The van der Waals surface area contributed by atoms with Crippen molar-refractivity contribution in [1.29, 1.82) is 0 Å². The lowest BCUT2D eigenvalue weighted by molar-refractivity contribution is -0.141. The van der Waals surface area contributed by atoms with Crippen molar-refractivity contribution < 1.29 is 4.79 Å². The van der Waals surface area contributed by atoms with Crippen LogP contribution in [0, 0.1) is 5.41 Å². The average molecular weight is 197 g/mol. The van der Waals surface area contributed by atoms with Crippen LogP contribution in [0.1, 0.15) is 52.9 Å². The van der Waals surface area contributed by atoms with Crippen molar-refractivity contribution in [2.75, 3.05) is 13.1 Å². The summed E-state index contributed by atoms with van der Waals surface area (Å²) in [5, 5.41) is 0. The minimum atomic E-state index is -0.147. The summed E-state index contributed by atoms with van der Waals surface area (Å²) in [6.07, 6.45) is 5.76. The Hall–Kier alpha value is -0.530. The Morgan fingerprint density at radius 2 is 1.79 bits per heavy atom. The van der Waals surface area contributed by atoms with E-state index < -0.39 is 0 Å². The van der Waals surface area contributed by atoms with Crippen LogP contribution in [0.4, 0.5) is 0 Å². The van der Waals surface area contributed by atoms with Gasteiger partial charge in [-0.25, -0.2) is 0 Å². The smallest absolute Gasteiger partial charge is 0.228 e. The van der Waals surface area contributed by atoms with Gasteiger partial charge in [0.1, 0.15) is 0 Å². The van der Waals surface area contributed by atoms with Crippen molar-refractivity contribution in [3.05, 3.63) is 0 Å². The molecule has 0 aliphatic carbocycles. The van der Waals surface area contributed by atoms with E-state index in [0.29, 0.717) is 5.91 Å². The Balaban J connectivity index is 2.53. The Labute approximate surface area is 87.7 Å². The number of likely N-dealkylation sites (tertiary alicyclic amines) is 1. The van der Waals surface area contributed by atoms with Crippen molar-refractivity contribution in [1.82, 2.24) is 4.90 Å². The van der Waals surface area contributed by atoms with Crippen molar-refractivity contribution in [2.24, 2.45) is 5.41 Å². The zero-order valence-corrected chi connectivity index (χ0v) is 9.81. The van der Waals surface area contributed by atoms with E-state index in [9.17, 15) is 4.79 Å². The fraction of sp³-hybridized carbons (Fsp3) is 0.917. The van der Waals surface area contributed by atoms with Gasteiger partial charge in [-0.2, -0.15) is 0 Å². The Kier molecular flexibility index (Phi) is 3.97. The van der Waals surface area contributed by atoms with Crippen LogP contribution in [0.25, 0.3) is 0 Å². The molecule has 1 fully saturated rings. The summed E-state index contributed by atoms with van der Waals surface area (Å²) in [6, 6.07) is 0. The number of piperidine rings is 1. The molecule has 1 heterocycles. The molecule has 2 heteroatoms. The highest BCUT2D eigenvalue weighted by molar-refractivity contribution is 5.82. The largest absolute Gasteiger partial charge is 0.342 e. The lowest BCUT2D eigenvalue weighted by Gasteiger charge is -2.34. The second-order valence-corrected chi connectivity index (χ2v) is 4.99. The zero-order valence-electron chi connectivity index (χ0n) is 9.81. The summed E-state index contributed by atoms with van der Waals surface area (Å²) in [7, 11) is 0. The standard InChI is InChI=1S/C12H23NO/c1-4-8-12(2,3)11(14)13-9-6-5-7-10-13/h4-10H2,1-3H3. The van der Waals surface area contributed by atoms with Gasteiger partial charge in [0.15, 0.2) is 0 Å². The van der Waals surface area contributed by atoms with Crippen LogP contribution in [-0.2, 0) is 4.79 Å². The molecule has 0 aromatic carbocycles. The number of rotatable bonds is 3. The van der Waals surface area contributed by atoms with Gasteiger partial charge in [0, 0.05) is 18.5 Å². The molecular formula is C12H23NO. The van der Waals surface area contributed by atoms with Gasteiger partial charge in [-0.05, 0) is 25.7 Å². The highest BCUT2D eigenvalue weighted by atomic mass is 16.2. The first kappa shape index (κ1) is 11.5. The van der Waals surface area contributed by atoms with E-state index in [1.807, 2.05) is 0 Å². The second-order valence-electron chi connectivity index (χ2n) is 4.99. The van der Waals surface area contributed by atoms with Gasteiger partial charge in [0.25, 0.3) is 0 Å². The molecule has 82 valence electrons. The van der Waals surface area contributed by atoms with Crippen LogP contribution in [0.2, 0.25) is 0 Å². The highest BCUT2D eigenvalue weighted by Crippen LogP contribution is 2.26. The number of hydrogen-bond donors (Lipinski definition) is 0. The molecule has 0 radical (unpaired) electrons. The van der Waals surface area contributed by atoms with Crippen molar-refractivity contribution in [3.8, 4) is 0 Å². The van der Waals surface area contributed by atoms with E-state index in [2.05, 4.69) is 25.7 Å². The molecule has 0 bridgehead atoms. The molecule has 0 N–H and O–H groups in total. The van der Waals surface area contributed by atoms with Crippen LogP contribution in [0.5, 0.6) is 0 Å². The molecule has 1 aliphatic heterocycles. The first-order chi connectivity index (χ1) is 6.58. The zero-order chi connectivity index (χ0) is 10.6. The number of amides is 1. The topological polar surface area (TPSA) is 20.3 Å². The summed E-state index contributed by atoms with van der Waals surface area (Å²) < 4.78 is 0. The van der Waals surface area contributed by atoms with Gasteiger partial charge in [0.2, 0.25) is 5.91 Å². The molecule has 1 amide bonds. The third-order valence-corrected chi connectivity index (χ3v) is 3.10. The van der Waals surface area contributed by atoms with Crippen LogP contribution in [0.3, 0.4) is 0 Å². The quantitative estimate of drug-likeness (QED) is 0.681. The fourth-order valence-electron chi connectivity index (χ4n) is 2.26. The molecule has 1 rings (SSSR count). The molecular weight excluding hydrogens is 174 g/mol. The molecule has 14 heavy (non-hydrogen) atoms. The Bertz CT molecular complexity index is 192. The molecule has 2 nitrogen and oxygen atoms in total. The van der Waals surface area contributed by atoms with Gasteiger partial charge in [0.05, 0.1) is 0 Å². The maximum atomic E-state index is 12.1. The lowest BCUT2D eigenvalue weighted by atomic mass is 9.86. The van der Waals surface area contributed by atoms with Crippen LogP contribution in [-0.4, -0.2) is 23.9 Å². The highest BCUT2D eigenvalue weighted by Gasteiger charge is 2.31. The normalized spacial score (nSPS) is 18.4. The molecule has 0 saturated carbocycles. The summed E-state index contributed by atoms with van der Waals surface area (Å²) in [5.74, 6) is 0.360. The van der Waals surface area contributed by atoms with E-state index in [-0.39, 0.29) is 5.41 Å². The minimum Gasteiger partial charge on any atom is -0.342 e. The molecule has 0 unspecified atom stereocenters. The van der Waals surface area contributed by atoms with E-state index in [1.54, 1.807) is 0 Å². The Morgan fingerprint density at radius 1 is 1.21 bits per heavy atom. The SMILES string of the molecule is CCCC(C)(C)C(=O)N1CCCCC1. The second kappa shape index (κ2) is 4.81. The molecule has 0 spiro atoms. The number of hydrogen-bond acceptors (Lipinski definition) is 1. The average Bonchev–Trinajstić information content (AvgIpc) is 2.18. The number of carbonyl (C=O) groups is 1. The molecule has 1 saturated heterocycles. The van der Waals surface area contributed by atoms with Crippen molar-refractivity contribution in [2.45, 2.75) is 52.9 Å². The van der Waals surface area contributed by atoms with E-state index >= 15 is 0 Å². The molecule has 0 atom stereocenters. The maximum absolute atomic E-state index is 12.1. The van der Waals surface area contributed by atoms with Crippen molar-refractivity contribution >= 4 is 5.91 Å². The first-order valence-electron chi connectivity index (χ1n) is 5.87. The number of carbonyl (C=O) groups excluding carboxylic acids is 1. The van der Waals surface area contributed by atoms with Gasteiger partial charge >= 0.3 is 0 Å². The molecule has 1 aliphatic rings.